The fourth-order valence-corrected chi connectivity index (χ4v) is 8.23. The summed E-state index contributed by atoms with van der Waals surface area (Å²) in [6.07, 6.45) is -10.5. The smallest absolute Gasteiger partial charge is 0.451 e. The number of aromatic nitrogens is 3. The first kappa shape index (κ1) is 29.9. The molecule has 0 amide bonds. The molecule has 9 aromatic rings. The minimum atomic E-state index is -5.27. The van der Waals surface area contributed by atoms with Gasteiger partial charge in [-0.25, -0.2) is 4.98 Å². The summed E-state index contributed by atoms with van der Waals surface area (Å²) >= 11 is 1.46. The van der Waals surface area contributed by atoms with E-state index in [-0.39, 0.29) is 22.9 Å². The maximum Gasteiger partial charge on any atom is 0.451 e. The van der Waals surface area contributed by atoms with Gasteiger partial charge in [0.2, 0.25) is 17.6 Å². The molecular formula is C39H18F6N4OS. The predicted molar refractivity (Wildman–Crippen MR) is 188 cm³/mol. The van der Waals surface area contributed by atoms with Gasteiger partial charge >= 0.3 is 12.4 Å². The monoisotopic (exact) mass is 704 g/mol. The van der Waals surface area contributed by atoms with Crippen LogP contribution in [-0.4, -0.2) is 15.0 Å². The fourth-order valence-electron chi connectivity index (χ4n) is 7.09. The van der Waals surface area contributed by atoms with E-state index in [4.69, 9.17) is 4.74 Å². The Kier molecular flexibility index (Phi) is 6.01. The molecule has 0 radical (unpaired) electrons. The van der Waals surface area contributed by atoms with Crippen molar-refractivity contribution in [2.75, 3.05) is 4.90 Å². The lowest BCUT2D eigenvalue weighted by atomic mass is 9.93. The molecule has 2 aromatic heterocycles. The van der Waals surface area contributed by atoms with Crippen molar-refractivity contribution in [2.45, 2.75) is 12.4 Å². The molecule has 0 N–H and O–H groups in total. The SMILES string of the molecule is FC(F)(F)c1nc(N2c3cc4ccccc4cc3Oc3cc4c(cc32)sc2cc3c5ccccc5c5ccccc5c3cc24)nc(C(F)(F)F)n1. The molecule has 12 heteroatoms. The van der Waals surface area contributed by atoms with Crippen molar-refractivity contribution in [3.05, 3.63) is 121 Å². The van der Waals surface area contributed by atoms with E-state index in [0.717, 1.165) is 57.9 Å². The zero-order valence-corrected chi connectivity index (χ0v) is 26.6. The van der Waals surface area contributed by atoms with Crippen molar-refractivity contribution in [3.63, 3.8) is 0 Å². The van der Waals surface area contributed by atoms with E-state index in [0.29, 0.717) is 5.39 Å². The van der Waals surface area contributed by atoms with Crippen LogP contribution in [-0.2, 0) is 12.4 Å². The third-order valence-corrected chi connectivity index (χ3v) is 10.4. The number of anilines is 3. The average Bonchev–Trinajstić information content (AvgIpc) is 3.46. The highest BCUT2D eigenvalue weighted by atomic mass is 32.1. The number of rotatable bonds is 1. The van der Waals surface area contributed by atoms with E-state index < -0.39 is 29.9 Å². The molecular weight excluding hydrogens is 687 g/mol. The Balaban J connectivity index is 1.27. The van der Waals surface area contributed by atoms with E-state index >= 15 is 0 Å². The van der Waals surface area contributed by atoms with Gasteiger partial charge in [0.25, 0.3) is 0 Å². The standard InChI is InChI=1S/C39H18F6N4OS/c40-38(41,42)35-46-36(39(43,44)45)48-37(47-35)49-29-13-19-7-1-2-8-20(19)14-31(29)50-32-16-28-27-15-25-23-11-5-3-9-21(23)22-10-4-6-12-24(22)26(25)17-33(27)51-34(28)18-30(32)49/h1-18H. The fraction of sp³-hybridized carbons (Fsp3) is 0.0513. The highest BCUT2D eigenvalue weighted by molar-refractivity contribution is 7.26. The molecule has 0 unspecified atom stereocenters. The van der Waals surface area contributed by atoms with Gasteiger partial charge in [-0.2, -0.15) is 36.3 Å². The van der Waals surface area contributed by atoms with Crippen LogP contribution in [0.5, 0.6) is 11.5 Å². The lowest BCUT2D eigenvalue weighted by molar-refractivity contribution is -0.155. The van der Waals surface area contributed by atoms with Gasteiger partial charge in [0.15, 0.2) is 11.5 Å². The van der Waals surface area contributed by atoms with E-state index in [2.05, 4.69) is 51.4 Å². The first-order valence-electron chi connectivity index (χ1n) is 15.7. The van der Waals surface area contributed by atoms with Gasteiger partial charge < -0.3 is 4.74 Å². The molecule has 7 aromatic carbocycles. The number of thiophene rings is 1. The van der Waals surface area contributed by atoms with Crippen LogP contribution in [0, 0.1) is 0 Å². The average molecular weight is 705 g/mol. The Bertz CT molecular complexity index is 2920. The van der Waals surface area contributed by atoms with Gasteiger partial charge in [-0.1, -0.05) is 72.8 Å². The maximum atomic E-state index is 14.0. The normalized spacial score (nSPS) is 13.4. The largest absolute Gasteiger partial charge is 0.453 e. The Hall–Kier alpha value is -6.01. The Labute approximate surface area is 287 Å². The van der Waals surface area contributed by atoms with Gasteiger partial charge in [0.1, 0.15) is 0 Å². The summed E-state index contributed by atoms with van der Waals surface area (Å²) in [7, 11) is 0. The lowest BCUT2D eigenvalue weighted by Gasteiger charge is -2.32. The van der Waals surface area contributed by atoms with Crippen molar-refractivity contribution in [3.8, 4) is 11.5 Å². The third kappa shape index (κ3) is 4.52. The van der Waals surface area contributed by atoms with E-state index in [1.807, 2.05) is 36.4 Å². The van der Waals surface area contributed by atoms with Crippen molar-refractivity contribution in [2.24, 2.45) is 0 Å². The predicted octanol–water partition coefficient (Wildman–Crippen LogP) is 12.5. The number of alkyl halides is 6. The molecule has 0 bridgehead atoms. The molecule has 0 spiro atoms. The highest BCUT2D eigenvalue weighted by Gasteiger charge is 2.43. The molecule has 0 saturated heterocycles. The number of fused-ring (bicyclic) bond motifs is 12. The van der Waals surface area contributed by atoms with Crippen LogP contribution in [0.2, 0.25) is 0 Å². The van der Waals surface area contributed by atoms with Crippen LogP contribution >= 0.6 is 11.3 Å². The van der Waals surface area contributed by atoms with Crippen molar-refractivity contribution < 1.29 is 31.1 Å². The number of halogens is 6. The van der Waals surface area contributed by atoms with Gasteiger partial charge in [-0.15, -0.1) is 11.3 Å². The zero-order valence-electron chi connectivity index (χ0n) is 25.8. The summed E-state index contributed by atoms with van der Waals surface area (Å²) < 4.78 is 92.0. The molecule has 0 saturated carbocycles. The van der Waals surface area contributed by atoms with Crippen LogP contribution in [0.1, 0.15) is 11.6 Å². The van der Waals surface area contributed by atoms with Crippen molar-refractivity contribution in [1.29, 1.82) is 0 Å². The number of hydrogen-bond acceptors (Lipinski definition) is 6. The number of nitrogens with zero attached hydrogens (tertiary/aromatic N) is 4. The number of hydrogen-bond donors (Lipinski definition) is 0. The second-order valence-electron chi connectivity index (χ2n) is 12.3. The van der Waals surface area contributed by atoms with Crippen molar-refractivity contribution in [1.82, 2.24) is 15.0 Å². The van der Waals surface area contributed by atoms with Crippen molar-refractivity contribution >= 4 is 91.9 Å². The summed E-state index contributed by atoms with van der Waals surface area (Å²) in [4.78, 5) is 11.1. The van der Waals surface area contributed by atoms with Gasteiger partial charge in [-0.3, -0.25) is 4.90 Å². The number of benzene rings is 7. The second kappa shape index (κ2) is 10.3. The molecule has 3 heterocycles. The van der Waals surface area contributed by atoms with Crippen LogP contribution in [0.25, 0.3) is 63.3 Å². The number of ether oxygens (including phenoxy) is 1. The van der Waals surface area contributed by atoms with Crippen LogP contribution in [0.15, 0.2) is 109 Å². The molecule has 51 heavy (non-hydrogen) atoms. The van der Waals surface area contributed by atoms with E-state index in [9.17, 15) is 26.3 Å². The molecule has 0 atom stereocenters. The van der Waals surface area contributed by atoms with Crippen LogP contribution < -0.4 is 9.64 Å². The first-order chi connectivity index (χ1) is 24.5. The molecule has 1 aliphatic rings. The molecule has 0 fully saturated rings. The summed E-state index contributed by atoms with van der Waals surface area (Å²) in [6.45, 7) is 0. The quantitative estimate of drug-likeness (QED) is 0.126. The Morgan fingerprint density at radius 2 is 0.941 bits per heavy atom. The van der Waals surface area contributed by atoms with Crippen LogP contribution in [0.4, 0.5) is 43.7 Å². The van der Waals surface area contributed by atoms with E-state index in [1.165, 1.54) is 16.2 Å². The summed E-state index contributed by atoms with van der Waals surface area (Å²) in [5.74, 6) is -4.31. The van der Waals surface area contributed by atoms with E-state index in [1.54, 1.807) is 36.4 Å². The Morgan fingerprint density at radius 3 is 1.55 bits per heavy atom. The van der Waals surface area contributed by atoms with Gasteiger partial charge in [0, 0.05) is 20.2 Å². The zero-order chi connectivity index (χ0) is 34.8. The molecule has 5 nitrogen and oxygen atoms in total. The van der Waals surface area contributed by atoms with Gasteiger partial charge in [0.05, 0.1) is 11.4 Å². The minimum absolute atomic E-state index is 0.179. The summed E-state index contributed by atoms with van der Waals surface area (Å²) in [6, 6.07) is 34.7. The molecule has 0 aliphatic carbocycles. The summed E-state index contributed by atoms with van der Waals surface area (Å²) in [5, 5.41) is 9.74. The van der Waals surface area contributed by atoms with Crippen LogP contribution in [0.3, 0.4) is 0 Å². The minimum Gasteiger partial charge on any atom is -0.453 e. The topological polar surface area (TPSA) is 51.1 Å². The van der Waals surface area contributed by atoms with Gasteiger partial charge in [-0.05, 0) is 79.5 Å². The maximum absolute atomic E-state index is 14.0. The molecule has 10 rings (SSSR count). The molecule has 248 valence electrons. The Morgan fingerprint density at radius 1 is 0.471 bits per heavy atom. The summed E-state index contributed by atoms with van der Waals surface area (Å²) in [5.41, 5.74) is 0.363. The first-order valence-corrected chi connectivity index (χ1v) is 16.5. The third-order valence-electron chi connectivity index (χ3n) is 9.28. The highest BCUT2D eigenvalue weighted by Crippen LogP contribution is 2.54. The lowest BCUT2D eigenvalue weighted by Crippen LogP contribution is -2.25. The second-order valence-corrected chi connectivity index (χ2v) is 13.4. The molecule has 1 aliphatic heterocycles.